The molecular formula is C12H25N3O3. The number of hydrogen-bond acceptors (Lipinski definition) is 3. The van der Waals surface area contributed by atoms with Crippen LogP contribution in [0.2, 0.25) is 0 Å². The van der Waals surface area contributed by atoms with Crippen LogP contribution in [0.15, 0.2) is 0 Å². The van der Waals surface area contributed by atoms with E-state index < -0.39 is 12.0 Å². The average molecular weight is 259 g/mol. The standard InChI is InChI=1S/C12H25N3O3/c1-6-10(11(16)17)13-12(18)15(7-2)9(3)8-14(4)5/h9-10H,6-8H2,1-5H3,(H,13,18)(H,16,17)/t9?,10-/m0/s1. The minimum absolute atomic E-state index is 0.0382. The number of hydrogen-bond donors (Lipinski definition) is 2. The van der Waals surface area contributed by atoms with E-state index in [1.807, 2.05) is 32.8 Å². The Bertz CT molecular complexity index is 282. The molecule has 0 fully saturated rings. The van der Waals surface area contributed by atoms with Crippen LogP contribution in [-0.2, 0) is 4.79 Å². The first-order chi connectivity index (χ1) is 8.33. The van der Waals surface area contributed by atoms with Gasteiger partial charge in [-0.1, -0.05) is 6.92 Å². The minimum Gasteiger partial charge on any atom is -0.480 e. The number of carbonyl (C=O) groups excluding carboxylic acids is 1. The summed E-state index contributed by atoms with van der Waals surface area (Å²) in [5.74, 6) is -0.998. The molecule has 0 rings (SSSR count). The van der Waals surface area contributed by atoms with Crippen molar-refractivity contribution >= 4 is 12.0 Å². The molecular weight excluding hydrogens is 234 g/mol. The van der Waals surface area contributed by atoms with Crippen LogP contribution in [0.25, 0.3) is 0 Å². The number of likely N-dealkylation sites (N-methyl/N-ethyl adjacent to an activating group) is 2. The quantitative estimate of drug-likeness (QED) is 0.710. The molecule has 106 valence electrons. The molecule has 0 aromatic rings. The number of amides is 2. The van der Waals surface area contributed by atoms with Crippen molar-refractivity contribution in [3.05, 3.63) is 0 Å². The summed E-state index contributed by atoms with van der Waals surface area (Å²) in [7, 11) is 3.88. The SMILES string of the molecule is CC[C@H](NC(=O)N(CC)C(C)CN(C)C)C(=O)O. The van der Waals surface area contributed by atoms with E-state index in [4.69, 9.17) is 5.11 Å². The molecule has 0 bridgehead atoms. The monoisotopic (exact) mass is 259 g/mol. The van der Waals surface area contributed by atoms with Crippen LogP contribution < -0.4 is 5.32 Å². The maximum atomic E-state index is 12.0. The predicted octanol–water partition coefficient (Wildman–Crippen LogP) is 0.831. The zero-order valence-electron chi connectivity index (χ0n) is 11.9. The Labute approximate surface area is 109 Å². The van der Waals surface area contributed by atoms with Crippen LogP contribution in [0.4, 0.5) is 4.79 Å². The third-order valence-electron chi connectivity index (χ3n) is 2.77. The van der Waals surface area contributed by atoms with E-state index in [0.29, 0.717) is 13.0 Å². The smallest absolute Gasteiger partial charge is 0.326 e. The van der Waals surface area contributed by atoms with Crippen LogP contribution >= 0.6 is 0 Å². The second-order valence-electron chi connectivity index (χ2n) is 4.65. The van der Waals surface area contributed by atoms with E-state index in [1.54, 1.807) is 11.8 Å². The van der Waals surface area contributed by atoms with Gasteiger partial charge in [0.05, 0.1) is 0 Å². The Balaban J connectivity index is 4.55. The fourth-order valence-electron chi connectivity index (χ4n) is 1.85. The Morgan fingerprint density at radius 2 is 1.83 bits per heavy atom. The van der Waals surface area contributed by atoms with Gasteiger partial charge < -0.3 is 20.2 Å². The first kappa shape index (κ1) is 16.7. The summed E-state index contributed by atoms with van der Waals surface area (Å²) in [5, 5.41) is 11.5. The highest BCUT2D eigenvalue weighted by Gasteiger charge is 2.23. The molecule has 6 nitrogen and oxygen atoms in total. The average Bonchev–Trinajstić information content (AvgIpc) is 2.25. The fraction of sp³-hybridized carbons (Fsp3) is 0.833. The van der Waals surface area contributed by atoms with Gasteiger partial charge in [0.1, 0.15) is 6.04 Å². The largest absolute Gasteiger partial charge is 0.480 e. The van der Waals surface area contributed by atoms with Crippen LogP contribution in [0.1, 0.15) is 27.2 Å². The van der Waals surface area contributed by atoms with E-state index in [1.165, 1.54) is 0 Å². The molecule has 0 spiro atoms. The van der Waals surface area contributed by atoms with Gasteiger partial charge in [0.25, 0.3) is 0 Å². The summed E-state index contributed by atoms with van der Waals surface area (Å²) < 4.78 is 0. The van der Waals surface area contributed by atoms with E-state index in [-0.39, 0.29) is 12.1 Å². The number of urea groups is 1. The molecule has 2 N–H and O–H groups in total. The Morgan fingerprint density at radius 3 is 2.17 bits per heavy atom. The topological polar surface area (TPSA) is 72.9 Å². The molecule has 0 saturated carbocycles. The molecule has 1 unspecified atom stereocenters. The molecule has 0 heterocycles. The summed E-state index contributed by atoms with van der Waals surface area (Å²) in [6.07, 6.45) is 0.376. The van der Waals surface area contributed by atoms with Gasteiger partial charge in [-0.05, 0) is 34.4 Å². The molecule has 2 amide bonds. The molecule has 18 heavy (non-hydrogen) atoms. The van der Waals surface area contributed by atoms with Gasteiger partial charge in [0, 0.05) is 19.1 Å². The van der Waals surface area contributed by atoms with Crippen molar-refractivity contribution in [2.45, 2.75) is 39.3 Å². The van der Waals surface area contributed by atoms with E-state index in [9.17, 15) is 9.59 Å². The number of carboxylic acid groups (broad SMARTS) is 1. The number of rotatable bonds is 7. The number of aliphatic carboxylic acids is 1. The Kier molecular flexibility index (Phi) is 7.35. The summed E-state index contributed by atoms with van der Waals surface area (Å²) in [4.78, 5) is 26.5. The second-order valence-corrected chi connectivity index (χ2v) is 4.65. The van der Waals surface area contributed by atoms with Gasteiger partial charge >= 0.3 is 12.0 Å². The van der Waals surface area contributed by atoms with Crippen molar-refractivity contribution < 1.29 is 14.7 Å². The second kappa shape index (κ2) is 7.92. The summed E-state index contributed by atoms with van der Waals surface area (Å²) in [5.41, 5.74) is 0. The first-order valence-corrected chi connectivity index (χ1v) is 6.28. The van der Waals surface area contributed by atoms with Crippen molar-refractivity contribution in [2.24, 2.45) is 0 Å². The molecule has 0 saturated heterocycles. The van der Waals surface area contributed by atoms with Gasteiger partial charge in [-0.25, -0.2) is 9.59 Å². The number of nitrogens with zero attached hydrogens (tertiary/aromatic N) is 2. The molecule has 6 heteroatoms. The highest BCUT2D eigenvalue weighted by molar-refractivity contribution is 5.82. The molecule has 0 aromatic heterocycles. The molecule has 0 aliphatic heterocycles. The summed E-state index contributed by atoms with van der Waals surface area (Å²) >= 11 is 0. The summed E-state index contributed by atoms with van der Waals surface area (Å²) in [6, 6.07) is -1.10. The maximum absolute atomic E-state index is 12.0. The van der Waals surface area contributed by atoms with Crippen LogP contribution in [0, 0.1) is 0 Å². The van der Waals surface area contributed by atoms with Crippen molar-refractivity contribution in [3.8, 4) is 0 Å². The van der Waals surface area contributed by atoms with Gasteiger partial charge in [-0.15, -0.1) is 0 Å². The summed E-state index contributed by atoms with van der Waals surface area (Å²) in [6.45, 7) is 6.86. The van der Waals surface area contributed by atoms with Crippen LogP contribution in [0.5, 0.6) is 0 Å². The number of carbonyl (C=O) groups is 2. The Hall–Kier alpha value is -1.30. The van der Waals surface area contributed by atoms with E-state index in [0.717, 1.165) is 6.54 Å². The van der Waals surface area contributed by atoms with Crippen molar-refractivity contribution in [1.29, 1.82) is 0 Å². The minimum atomic E-state index is -0.998. The molecule has 0 aromatic carbocycles. The highest BCUT2D eigenvalue weighted by Crippen LogP contribution is 2.02. The Morgan fingerprint density at radius 1 is 1.28 bits per heavy atom. The number of carboxylic acids is 1. The zero-order chi connectivity index (χ0) is 14.3. The lowest BCUT2D eigenvalue weighted by atomic mass is 10.2. The van der Waals surface area contributed by atoms with Crippen molar-refractivity contribution in [1.82, 2.24) is 15.1 Å². The number of nitrogens with one attached hydrogen (secondary N) is 1. The van der Waals surface area contributed by atoms with Crippen LogP contribution in [-0.4, -0.2) is 66.2 Å². The highest BCUT2D eigenvalue weighted by atomic mass is 16.4. The third-order valence-corrected chi connectivity index (χ3v) is 2.77. The lowest BCUT2D eigenvalue weighted by Crippen LogP contribution is -2.52. The predicted molar refractivity (Wildman–Crippen MR) is 70.6 cm³/mol. The van der Waals surface area contributed by atoms with Gasteiger partial charge in [-0.2, -0.15) is 0 Å². The molecule has 0 radical (unpaired) electrons. The van der Waals surface area contributed by atoms with E-state index in [2.05, 4.69) is 5.32 Å². The molecule has 0 aliphatic carbocycles. The zero-order valence-corrected chi connectivity index (χ0v) is 11.9. The lowest BCUT2D eigenvalue weighted by molar-refractivity contribution is -0.139. The lowest BCUT2D eigenvalue weighted by Gasteiger charge is -2.31. The van der Waals surface area contributed by atoms with Crippen molar-refractivity contribution in [3.63, 3.8) is 0 Å². The fourth-order valence-corrected chi connectivity index (χ4v) is 1.85. The molecule has 2 atom stereocenters. The molecule has 0 aliphatic rings. The van der Waals surface area contributed by atoms with Crippen LogP contribution in [0.3, 0.4) is 0 Å². The third kappa shape index (κ3) is 5.35. The van der Waals surface area contributed by atoms with Gasteiger partial charge in [0.15, 0.2) is 0 Å². The van der Waals surface area contributed by atoms with E-state index >= 15 is 0 Å². The van der Waals surface area contributed by atoms with Gasteiger partial charge in [-0.3, -0.25) is 0 Å². The van der Waals surface area contributed by atoms with Gasteiger partial charge in [0.2, 0.25) is 0 Å². The van der Waals surface area contributed by atoms with Crippen molar-refractivity contribution in [2.75, 3.05) is 27.2 Å². The normalized spacial score (nSPS) is 14.1. The first-order valence-electron chi connectivity index (χ1n) is 6.28. The maximum Gasteiger partial charge on any atom is 0.326 e.